The molecule has 2 atom stereocenters. The average molecular weight is 378 g/mol. The Morgan fingerprint density at radius 3 is 2.65 bits per heavy atom. The molecule has 0 radical (unpaired) electrons. The predicted octanol–water partition coefficient (Wildman–Crippen LogP) is 2.75. The fourth-order valence-electron chi connectivity index (χ4n) is 2.54. The highest BCUT2D eigenvalue weighted by atomic mass is 32.2. The van der Waals surface area contributed by atoms with E-state index in [-0.39, 0.29) is 5.75 Å². The van der Waals surface area contributed by atoms with Crippen molar-refractivity contribution in [3.8, 4) is 5.75 Å². The highest BCUT2D eigenvalue weighted by molar-refractivity contribution is 7.90. The van der Waals surface area contributed by atoms with Crippen molar-refractivity contribution >= 4 is 11.2 Å². The van der Waals surface area contributed by atoms with Crippen LogP contribution in [-0.4, -0.2) is 40.7 Å². The summed E-state index contributed by atoms with van der Waals surface area (Å²) in [4.78, 5) is 0.345. The van der Waals surface area contributed by atoms with E-state index >= 15 is 0 Å². The van der Waals surface area contributed by atoms with Gasteiger partial charge in [0.15, 0.2) is 10.6 Å². The minimum atomic E-state index is -1.29. The monoisotopic (exact) mass is 377 g/mol. The second-order valence-electron chi connectivity index (χ2n) is 6.15. The van der Waals surface area contributed by atoms with Gasteiger partial charge in [0.05, 0.1) is 12.7 Å². The van der Waals surface area contributed by atoms with Crippen molar-refractivity contribution in [3.63, 3.8) is 0 Å². The number of nitrogens with one attached hydrogen (secondary N) is 1. The van der Waals surface area contributed by atoms with Crippen LogP contribution in [0.15, 0.2) is 53.4 Å². The number of benzene rings is 2. The van der Waals surface area contributed by atoms with Crippen molar-refractivity contribution in [1.29, 1.82) is 0 Å². The molecule has 0 saturated carbocycles. The minimum Gasteiger partial charge on any atom is -0.612 e. The summed E-state index contributed by atoms with van der Waals surface area (Å²) in [7, 11) is 0. The molecule has 2 aromatic carbocycles. The van der Waals surface area contributed by atoms with Crippen LogP contribution in [0.25, 0.3) is 0 Å². The van der Waals surface area contributed by atoms with Crippen molar-refractivity contribution < 1.29 is 19.5 Å². The highest BCUT2D eigenvalue weighted by Crippen LogP contribution is 2.26. The fraction of sp³-hybridized carbons (Fsp3) is 0.400. The van der Waals surface area contributed by atoms with Crippen molar-refractivity contribution in [2.45, 2.75) is 30.4 Å². The van der Waals surface area contributed by atoms with Gasteiger partial charge in [-0.15, -0.1) is 0 Å². The Bertz CT molecular complexity index is 652. The van der Waals surface area contributed by atoms with Crippen molar-refractivity contribution in [2.24, 2.45) is 0 Å². The van der Waals surface area contributed by atoms with Gasteiger partial charge in [0, 0.05) is 19.2 Å². The number of aromatic hydroxyl groups is 1. The van der Waals surface area contributed by atoms with Crippen LogP contribution in [0.5, 0.6) is 5.75 Å². The summed E-state index contributed by atoms with van der Waals surface area (Å²) < 4.78 is 17.2. The average Bonchev–Trinajstić information content (AvgIpc) is 2.64. The first-order valence-electron chi connectivity index (χ1n) is 8.74. The number of hydrogen-bond donors (Lipinski definition) is 3. The van der Waals surface area contributed by atoms with E-state index in [1.807, 2.05) is 30.3 Å². The van der Waals surface area contributed by atoms with Crippen molar-refractivity contribution in [1.82, 2.24) is 5.32 Å². The topological polar surface area (TPSA) is 84.8 Å². The molecular formula is C20H27NO4S. The summed E-state index contributed by atoms with van der Waals surface area (Å²) in [5.41, 5.74) is 1.82. The Kier molecular flexibility index (Phi) is 8.94. The molecule has 0 fully saturated rings. The third kappa shape index (κ3) is 6.97. The molecule has 0 aromatic heterocycles. The highest BCUT2D eigenvalue weighted by Gasteiger charge is 2.15. The number of rotatable bonds is 11. The maximum atomic E-state index is 11.6. The molecule has 0 aliphatic heterocycles. The van der Waals surface area contributed by atoms with Gasteiger partial charge < -0.3 is 24.8 Å². The van der Waals surface area contributed by atoms with Crippen molar-refractivity contribution in [2.75, 3.05) is 26.0 Å². The number of phenols is 1. The SMILES string of the molecule is C[S+]([O-])c1cc(C(O)CNCCCCOCc2ccccc2)ccc1O. The second kappa shape index (κ2) is 11.2. The third-order valence-electron chi connectivity index (χ3n) is 4.02. The van der Waals surface area contributed by atoms with Gasteiger partial charge in [0.25, 0.3) is 0 Å². The molecule has 0 aliphatic carbocycles. The Hall–Kier alpha value is -1.57. The van der Waals surface area contributed by atoms with E-state index in [4.69, 9.17) is 4.74 Å². The zero-order valence-corrected chi connectivity index (χ0v) is 15.9. The summed E-state index contributed by atoms with van der Waals surface area (Å²) in [6, 6.07) is 14.8. The van der Waals surface area contributed by atoms with E-state index in [0.717, 1.165) is 19.4 Å². The molecular weight excluding hydrogens is 350 g/mol. The van der Waals surface area contributed by atoms with Gasteiger partial charge in [-0.25, -0.2) is 0 Å². The molecule has 2 aromatic rings. The lowest BCUT2D eigenvalue weighted by atomic mass is 10.1. The lowest BCUT2D eigenvalue weighted by Gasteiger charge is -2.14. The lowest BCUT2D eigenvalue weighted by Crippen LogP contribution is -2.23. The molecule has 142 valence electrons. The Labute approximate surface area is 158 Å². The zero-order valence-electron chi connectivity index (χ0n) is 15.1. The maximum Gasteiger partial charge on any atom is 0.194 e. The van der Waals surface area contributed by atoms with Crippen LogP contribution >= 0.6 is 0 Å². The van der Waals surface area contributed by atoms with Crippen LogP contribution < -0.4 is 5.32 Å². The van der Waals surface area contributed by atoms with E-state index < -0.39 is 17.3 Å². The number of ether oxygens (including phenoxy) is 1. The van der Waals surface area contributed by atoms with Gasteiger partial charge >= 0.3 is 0 Å². The largest absolute Gasteiger partial charge is 0.612 e. The number of phenolic OH excluding ortho intramolecular Hbond substituents is 1. The fourth-order valence-corrected chi connectivity index (χ4v) is 3.21. The van der Waals surface area contributed by atoms with Gasteiger partial charge in [0.1, 0.15) is 6.26 Å². The number of hydrogen-bond acceptors (Lipinski definition) is 5. The van der Waals surface area contributed by atoms with Crippen LogP contribution in [0, 0.1) is 0 Å². The molecule has 5 nitrogen and oxygen atoms in total. The summed E-state index contributed by atoms with van der Waals surface area (Å²) in [6.07, 6.45) is 2.71. The molecule has 0 amide bonds. The molecule has 26 heavy (non-hydrogen) atoms. The van der Waals surface area contributed by atoms with Crippen LogP contribution in [0.2, 0.25) is 0 Å². The van der Waals surface area contributed by atoms with Crippen LogP contribution in [0.1, 0.15) is 30.1 Å². The molecule has 0 bridgehead atoms. The first-order valence-corrected chi connectivity index (χ1v) is 10.3. The standard InChI is InChI=1S/C20H27NO4S/c1-26(24)20-13-17(9-10-18(20)22)19(23)14-21-11-5-6-12-25-15-16-7-3-2-4-8-16/h2-4,7-10,13,19,21-23H,5-6,11-12,14-15H2,1H3. The number of aliphatic hydroxyl groups excluding tert-OH is 1. The molecule has 2 unspecified atom stereocenters. The van der Waals surface area contributed by atoms with Crippen LogP contribution in [-0.2, 0) is 22.5 Å². The molecule has 0 aliphatic rings. The number of unbranched alkanes of at least 4 members (excludes halogenated alkanes) is 1. The van der Waals surface area contributed by atoms with E-state index in [1.165, 1.54) is 17.9 Å². The lowest BCUT2D eigenvalue weighted by molar-refractivity contribution is 0.116. The quantitative estimate of drug-likeness (QED) is 0.414. The third-order valence-corrected chi connectivity index (χ3v) is 4.97. The molecule has 0 heterocycles. The van der Waals surface area contributed by atoms with Gasteiger partial charge in [-0.1, -0.05) is 36.4 Å². The van der Waals surface area contributed by atoms with Gasteiger partial charge in [0.2, 0.25) is 0 Å². The van der Waals surface area contributed by atoms with Crippen molar-refractivity contribution in [3.05, 3.63) is 59.7 Å². The maximum absolute atomic E-state index is 11.6. The van der Waals surface area contributed by atoms with E-state index in [1.54, 1.807) is 12.1 Å². The molecule has 6 heteroatoms. The summed E-state index contributed by atoms with van der Waals surface area (Å²) in [5, 5.41) is 23.1. The summed E-state index contributed by atoms with van der Waals surface area (Å²) >= 11 is -1.29. The second-order valence-corrected chi connectivity index (χ2v) is 7.49. The summed E-state index contributed by atoms with van der Waals surface area (Å²) in [6.45, 7) is 2.54. The van der Waals surface area contributed by atoms with E-state index in [2.05, 4.69) is 5.32 Å². The van der Waals surface area contributed by atoms with Crippen LogP contribution in [0.3, 0.4) is 0 Å². The predicted molar refractivity (Wildman–Crippen MR) is 104 cm³/mol. The van der Waals surface area contributed by atoms with Gasteiger partial charge in [-0.05, 0) is 47.8 Å². The molecule has 0 spiro atoms. The first kappa shape index (κ1) is 20.7. The van der Waals surface area contributed by atoms with E-state index in [9.17, 15) is 14.8 Å². The molecule has 0 saturated heterocycles. The number of aliphatic hydroxyl groups is 1. The van der Waals surface area contributed by atoms with E-state index in [0.29, 0.717) is 30.2 Å². The summed E-state index contributed by atoms with van der Waals surface area (Å²) in [5.74, 6) is -0.00903. The normalized spacial score (nSPS) is 13.5. The Morgan fingerprint density at radius 2 is 1.92 bits per heavy atom. The molecule has 2 rings (SSSR count). The van der Waals surface area contributed by atoms with Gasteiger partial charge in [-0.2, -0.15) is 0 Å². The first-order chi connectivity index (χ1) is 12.6. The van der Waals surface area contributed by atoms with Gasteiger partial charge in [-0.3, -0.25) is 0 Å². The Balaban J connectivity index is 1.59. The Morgan fingerprint density at radius 1 is 1.15 bits per heavy atom. The zero-order chi connectivity index (χ0) is 18.8. The minimum absolute atomic E-state index is 0.00903. The van der Waals surface area contributed by atoms with Crippen LogP contribution in [0.4, 0.5) is 0 Å². The molecule has 3 N–H and O–H groups in total. The smallest absolute Gasteiger partial charge is 0.194 e.